The molecule has 0 radical (unpaired) electrons. The van der Waals surface area contributed by atoms with Crippen molar-refractivity contribution in [2.45, 2.75) is 62.0 Å². The average Bonchev–Trinajstić information content (AvgIpc) is 2.46. The number of unbranched alkanes of at least 4 members (excludes halogenated alkanes) is 7. The van der Waals surface area contributed by atoms with Crippen LogP contribution < -0.4 is 4.74 Å². The first-order valence-corrected chi connectivity index (χ1v) is 9.58. The summed E-state index contributed by atoms with van der Waals surface area (Å²) in [7, 11) is 0. The highest BCUT2D eigenvalue weighted by molar-refractivity contribution is 9.24. The van der Waals surface area contributed by atoms with Crippen molar-refractivity contribution in [1.29, 1.82) is 0 Å². The zero-order valence-corrected chi connectivity index (χ0v) is 15.6. The lowest BCUT2D eigenvalue weighted by Crippen LogP contribution is -1.97. The number of benzene rings is 1. The van der Waals surface area contributed by atoms with Gasteiger partial charge in [0.05, 0.1) is 10.3 Å². The Kier molecular flexibility index (Phi) is 10.5. The van der Waals surface area contributed by atoms with Crippen molar-refractivity contribution < 1.29 is 4.74 Å². The molecule has 3 heteroatoms. The van der Waals surface area contributed by atoms with Crippen LogP contribution >= 0.6 is 31.9 Å². The summed E-state index contributed by atoms with van der Waals surface area (Å²) in [6, 6.07) is 8.24. The Hall–Kier alpha value is -0.0200. The quantitative estimate of drug-likeness (QED) is 0.284. The van der Waals surface area contributed by atoms with Gasteiger partial charge in [-0.15, -0.1) is 0 Å². The van der Waals surface area contributed by atoms with Crippen LogP contribution in [0.5, 0.6) is 5.75 Å². The maximum Gasteiger partial charge on any atom is 0.119 e. The monoisotopic (exact) mass is 404 g/mol. The van der Waals surface area contributed by atoms with Gasteiger partial charge in [-0.1, -0.05) is 95.9 Å². The third-order valence-corrected chi connectivity index (χ3v) is 4.46. The molecule has 0 aromatic heterocycles. The van der Waals surface area contributed by atoms with Crippen molar-refractivity contribution in [2.24, 2.45) is 0 Å². The van der Waals surface area contributed by atoms with E-state index in [4.69, 9.17) is 4.74 Å². The van der Waals surface area contributed by atoms with E-state index in [1.807, 2.05) is 12.1 Å². The summed E-state index contributed by atoms with van der Waals surface area (Å²) in [6.45, 7) is 3.10. The van der Waals surface area contributed by atoms with Gasteiger partial charge >= 0.3 is 0 Å². The van der Waals surface area contributed by atoms with Crippen LogP contribution in [0, 0.1) is 0 Å². The van der Waals surface area contributed by atoms with Gasteiger partial charge in [-0.3, -0.25) is 0 Å². The van der Waals surface area contributed by atoms with E-state index in [9.17, 15) is 0 Å². The maximum atomic E-state index is 5.76. The van der Waals surface area contributed by atoms with Gasteiger partial charge in [0, 0.05) is 0 Å². The summed E-state index contributed by atoms with van der Waals surface area (Å²) in [5, 5.41) is 0. The summed E-state index contributed by atoms with van der Waals surface area (Å²) in [6.07, 6.45) is 10.7. The number of hydrogen-bond donors (Lipinski definition) is 0. The normalized spacial score (nSPS) is 11.0. The molecule has 0 N–H and O–H groups in total. The number of alkyl halides is 2. The van der Waals surface area contributed by atoms with Gasteiger partial charge in [-0.2, -0.15) is 0 Å². The van der Waals surface area contributed by atoms with Crippen molar-refractivity contribution in [3.8, 4) is 5.75 Å². The third kappa shape index (κ3) is 8.31. The molecular formula is C17H26Br2O. The van der Waals surface area contributed by atoms with Gasteiger partial charge in [-0.05, 0) is 24.1 Å². The standard InChI is InChI=1S/C17H26Br2O/c1-2-3-4-5-6-7-8-9-14-20-16-12-10-15(11-13-16)17(18)19/h10-13,17H,2-9,14H2,1H3. The molecule has 0 unspecified atom stereocenters. The molecule has 0 saturated heterocycles. The Morgan fingerprint density at radius 2 is 1.40 bits per heavy atom. The molecule has 0 saturated carbocycles. The van der Waals surface area contributed by atoms with E-state index in [0.29, 0.717) is 0 Å². The van der Waals surface area contributed by atoms with Crippen LogP contribution in [0.3, 0.4) is 0 Å². The van der Waals surface area contributed by atoms with Gasteiger partial charge in [0.15, 0.2) is 0 Å². The van der Waals surface area contributed by atoms with Gasteiger partial charge in [0.1, 0.15) is 5.75 Å². The summed E-state index contributed by atoms with van der Waals surface area (Å²) in [5.74, 6) is 0.970. The predicted molar refractivity (Wildman–Crippen MR) is 95.1 cm³/mol. The fourth-order valence-corrected chi connectivity index (χ4v) is 2.75. The van der Waals surface area contributed by atoms with E-state index < -0.39 is 0 Å². The van der Waals surface area contributed by atoms with Gasteiger partial charge < -0.3 is 4.74 Å². The molecule has 1 aromatic carbocycles. The number of rotatable bonds is 11. The molecule has 1 rings (SSSR count). The van der Waals surface area contributed by atoms with Crippen LogP contribution in [0.25, 0.3) is 0 Å². The molecule has 1 aromatic rings. The van der Waals surface area contributed by atoms with Gasteiger partial charge in [0.25, 0.3) is 0 Å². The first-order valence-electron chi connectivity index (χ1n) is 7.75. The van der Waals surface area contributed by atoms with Gasteiger partial charge in [-0.25, -0.2) is 0 Å². The molecule has 114 valence electrons. The van der Waals surface area contributed by atoms with Crippen molar-refractivity contribution >= 4 is 31.9 Å². The van der Waals surface area contributed by atoms with Crippen LogP contribution in [0.2, 0.25) is 0 Å². The van der Waals surface area contributed by atoms with Crippen LogP contribution in [-0.2, 0) is 0 Å². The number of ether oxygens (including phenoxy) is 1. The molecule has 0 amide bonds. The Labute approximate surface area is 140 Å². The molecule has 20 heavy (non-hydrogen) atoms. The second-order valence-corrected chi connectivity index (χ2v) is 8.25. The molecule has 0 atom stereocenters. The molecule has 0 spiro atoms. The van der Waals surface area contributed by atoms with E-state index >= 15 is 0 Å². The molecule has 0 aliphatic carbocycles. The Morgan fingerprint density at radius 3 is 1.95 bits per heavy atom. The summed E-state index contributed by atoms with van der Waals surface area (Å²) in [4.78, 5) is 0. The molecule has 0 heterocycles. The van der Waals surface area contributed by atoms with Crippen molar-refractivity contribution in [2.75, 3.05) is 6.61 Å². The fraction of sp³-hybridized carbons (Fsp3) is 0.647. The van der Waals surface area contributed by atoms with Crippen LogP contribution in [0.4, 0.5) is 0 Å². The first kappa shape index (κ1) is 18.0. The summed E-state index contributed by atoms with van der Waals surface area (Å²) < 4.78 is 5.97. The molecule has 1 nitrogen and oxygen atoms in total. The smallest absolute Gasteiger partial charge is 0.119 e. The van der Waals surface area contributed by atoms with Crippen molar-refractivity contribution in [3.05, 3.63) is 29.8 Å². The molecule has 0 aliphatic rings. The lowest BCUT2D eigenvalue weighted by Gasteiger charge is -2.08. The van der Waals surface area contributed by atoms with E-state index in [2.05, 4.69) is 50.9 Å². The molecule has 0 aliphatic heterocycles. The minimum absolute atomic E-state index is 0.219. The lowest BCUT2D eigenvalue weighted by atomic mass is 10.1. The zero-order valence-electron chi connectivity index (χ0n) is 12.4. The summed E-state index contributed by atoms with van der Waals surface area (Å²) >= 11 is 6.97. The van der Waals surface area contributed by atoms with E-state index in [1.54, 1.807) is 0 Å². The highest BCUT2D eigenvalue weighted by Gasteiger charge is 2.02. The third-order valence-electron chi connectivity index (χ3n) is 3.40. The highest BCUT2D eigenvalue weighted by atomic mass is 79.9. The Morgan fingerprint density at radius 1 is 0.850 bits per heavy atom. The molecule has 0 bridgehead atoms. The second kappa shape index (κ2) is 11.6. The topological polar surface area (TPSA) is 9.23 Å². The molecule has 0 fully saturated rings. The minimum Gasteiger partial charge on any atom is -0.494 e. The zero-order chi connectivity index (χ0) is 14.6. The maximum absolute atomic E-state index is 5.76. The Balaban J connectivity index is 2.01. The van der Waals surface area contributed by atoms with E-state index in [-0.39, 0.29) is 3.74 Å². The van der Waals surface area contributed by atoms with Crippen LogP contribution in [0.15, 0.2) is 24.3 Å². The SMILES string of the molecule is CCCCCCCCCCOc1ccc(C(Br)Br)cc1. The summed E-state index contributed by atoms with van der Waals surface area (Å²) in [5.41, 5.74) is 1.21. The minimum atomic E-state index is 0.219. The van der Waals surface area contributed by atoms with E-state index in [1.165, 1.54) is 50.5 Å². The predicted octanol–water partition coefficient (Wildman–Crippen LogP) is 6.99. The number of halogens is 2. The average molecular weight is 406 g/mol. The highest BCUT2D eigenvalue weighted by Crippen LogP contribution is 2.30. The van der Waals surface area contributed by atoms with Crippen molar-refractivity contribution in [1.82, 2.24) is 0 Å². The van der Waals surface area contributed by atoms with E-state index in [0.717, 1.165) is 18.8 Å². The molecular weight excluding hydrogens is 380 g/mol. The van der Waals surface area contributed by atoms with Gasteiger partial charge in [0.2, 0.25) is 0 Å². The van der Waals surface area contributed by atoms with Crippen LogP contribution in [0.1, 0.15) is 67.6 Å². The lowest BCUT2D eigenvalue weighted by molar-refractivity contribution is 0.304. The fourth-order valence-electron chi connectivity index (χ4n) is 2.14. The first-order chi connectivity index (χ1) is 9.74. The number of hydrogen-bond acceptors (Lipinski definition) is 1. The largest absolute Gasteiger partial charge is 0.494 e. The second-order valence-electron chi connectivity index (χ2n) is 5.19. The Bertz CT molecular complexity index is 335. The van der Waals surface area contributed by atoms with Crippen molar-refractivity contribution in [3.63, 3.8) is 0 Å². The van der Waals surface area contributed by atoms with Crippen LogP contribution in [-0.4, -0.2) is 6.61 Å².